The number of nitrogens with zero attached hydrogens (tertiary/aromatic N) is 1. The predicted molar refractivity (Wildman–Crippen MR) is 58.1 cm³/mol. The van der Waals surface area contributed by atoms with Gasteiger partial charge in [-0.15, -0.1) is 0 Å². The number of hydrogen-bond donors (Lipinski definition) is 1. The van der Waals surface area contributed by atoms with Gasteiger partial charge < -0.3 is 5.73 Å². The molecule has 0 unspecified atom stereocenters. The fraction of sp³-hybridized carbons (Fsp3) is 1.00. The molecular formula is C11H22F2N2. The Labute approximate surface area is 90.8 Å². The molecule has 0 aliphatic carbocycles. The van der Waals surface area contributed by atoms with Gasteiger partial charge in [0.1, 0.15) is 0 Å². The second kappa shape index (κ2) is 4.34. The molecule has 0 atom stereocenters. The third-order valence-electron chi connectivity index (χ3n) is 3.31. The summed E-state index contributed by atoms with van der Waals surface area (Å²) in [4.78, 5) is 2.26. The molecule has 2 nitrogen and oxygen atoms in total. The molecule has 0 bridgehead atoms. The fourth-order valence-corrected chi connectivity index (χ4v) is 2.14. The van der Waals surface area contributed by atoms with Crippen molar-refractivity contribution in [1.82, 2.24) is 4.90 Å². The first-order valence-corrected chi connectivity index (χ1v) is 5.60. The van der Waals surface area contributed by atoms with Crippen molar-refractivity contribution in [1.29, 1.82) is 0 Å². The minimum Gasteiger partial charge on any atom is -0.325 e. The second-order valence-electron chi connectivity index (χ2n) is 5.40. The molecule has 1 aliphatic rings. The molecule has 0 saturated carbocycles. The van der Waals surface area contributed by atoms with Crippen LogP contribution in [0.2, 0.25) is 0 Å². The van der Waals surface area contributed by atoms with Crippen LogP contribution in [-0.2, 0) is 0 Å². The highest BCUT2D eigenvalue weighted by Gasteiger charge is 2.40. The molecule has 1 heterocycles. The van der Waals surface area contributed by atoms with E-state index in [0.717, 1.165) is 13.1 Å². The van der Waals surface area contributed by atoms with Gasteiger partial charge in [-0.3, -0.25) is 4.90 Å². The van der Waals surface area contributed by atoms with E-state index in [4.69, 9.17) is 5.73 Å². The van der Waals surface area contributed by atoms with Crippen LogP contribution < -0.4 is 5.73 Å². The van der Waals surface area contributed by atoms with Crippen LogP contribution >= 0.6 is 0 Å². The fourth-order valence-electron chi connectivity index (χ4n) is 2.14. The zero-order valence-corrected chi connectivity index (χ0v) is 9.89. The highest BCUT2D eigenvalue weighted by Crippen LogP contribution is 2.34. The van der Waals surface area contributed by atoms with Gasteiger partial charge in [-0.1, -0.05) is 0 Å². The number of piperidine rings is 1. The monoisotopic (exact) mass is 220 g/mol. The average Bonchev–Trinajstić information content (AvgIpc) is 2.17. The first-order valence-electron chi connectivity index (χ1n) is 5.60. The molecule has 0 amide bonds. The molecule has 0 aromatic heterocycles. The Morgan fingerprint density at radius 2 is 1.67 bits per heavy atom. The molecule has 1 saturated heterocycles. The minimum absolute atomic E-state index is 0.0863. The maximum absolute atomic E-state index is 13.3. The SMILES string of the molecule is CC(C)(C)N1CCC(C(F)(F)CN)CC1. The normalized spacial score (nSPS) is 22.0. The molecule has 0 spiro atoms. The summed E-state index contributed by atoms with van der Waals surface area (Å²) in [6.07, 6.45) is 1.11. The average molecular weight is 220 g/mol. The summed E-state index contributed by atoms with van der Waals surface area (Å²) in [5.41, 5.74) is 5.18. The summed E-state index contributed by atoms with van der Waals surface area (Å²) in [5.74, 6) is -3.20. The highest BCUT2D eigenvalue weighted by molar-refractivity contribution is 4.87. The lowest BCUT2D eigenvalue weighted by Crippen LogP contribution is -2.50. The van der Waals surface area contributed by atoms with E-state index >= 15 is 0 Å². The summed E-state index contributed by atoms with van der Waals surface area (Å²) in [5, 5.41) is 0. The number of likely N-dealkylation sites (tertiary alicyclic amines) is 1. The van der Waals surface area contributed by atoms with E-state index in [9.17, 15) is 8.78 Å². The molecule has 0 aromatic rings. The summed E-state index contributed by atoms with van der Waals surface area (Å²) >= 11 is 0. The van der Waals surface area contributed by atoms with Crippen molar-refractivity contribution in [3.63, 3.8) is 0 Å². The minimum atomic E-state index is -2.68. The standard InChI is InChI=1S/C11H22F2N2/c1-10(2,3)15-6-4-9(5-7-15)11(12,13)8-14/h9H,4-8,14H2,1-3H3. The number of rotatable bonds is 2. The van der Waals surface area contributed by atoms with Crippen molar-refractivity contribution in [3.8, 4) is 0 Å². The smallest absolute Gasteiger partial charge is 0.262 e. The Morgan fingerprint density at radius 1 is 1.20 bits per heavy atom. The topological polar surface area (TPSA) is 29.3 Å². The Kier molecular flexibility index (Phi) is 3.71. The van der Waals surface area contributed by atoms with Gasteiger partial charge in [-0.25, -0.2) is 8.78 Å². The molecular weight excluding hydrogens is 198 g/mol. The molecule has 90 valence electrons. The highest BCUT2D eigenvalue weighted by atomic mass is 19.3. The van der Waals surface area contributed by atoms with Gasteiger partial charge in [0.05, 0.1) is 6.54 Å². The largest absolute Gasteiger partial charge is 0.325 e. The van der Waals surface area contributed by atoms with Crippen LogP contribution in [0.5, 0.6) is 0 Å². The van der Waals surface area contributed by atoms with Gasteiger partial charge in [0, 0.05) is 11.5 Å². The summed E-state index contributed by atoms with van der Waals surface area (Å²) in [6.45, 7) is 7.35. The van der Waals surface area contributed by atoms with Crippen LogP contribution in [0.25, 0.3) is 0 Å². The van der Waals surface area contributed by atoms with Gasteiger partial charge >= 0.3 is 0 Å². The van der Waals surface area contributed by atoms with E-state index in [0.29, 0.717) is 12.8 Å². The van der Waals surface area contributed by atoms with Gasteiger partial charge in [0.25, 0.3) is 5.92 Å². The van der Waals surface area contributed by atoms with Crippen LogP contribution in [0.4, 0.5) is 8.78 Å². The molecule has 0 radical (unpaired) electrons. The van der Waals surface area contributed by atoms with Crippen LogP contribution in [0.15, 0.2) is 0 Å². The van der Waals surface area contributed by atoms with Crippen molar-refractivity contribution < 1.29 is 8.78 Å². The van der Waals surface area contributed by atoms with Crippen molar-refractivity contribution in [3.05, 3.63) is 0 Å². The van der Waals surface area contributed by atoms with Crippen LogP contribution in [0, 0.1) is 5.92 Å². The maximum atomic E-state index is 13.3. The zero-order valence-electron chi connectivity index (χ0n) is 9.89. The Hall–Kier alpha value is -0.220. The number of hydrogen-bond acceptors (Lipinski definition) is 2. The van der Waals surface area contributed by atoms with Crippen LogP contribution in [0.1, 0.15) is 33.6 Å². The van der Waals surface area contributed by atoms with E-state index in [1.165, 1.54) is 0 Å². The maximum Gasteiger partial charge on any atom is 0.262 e. The van der Waals surface area contributed by atoms with E-state index in [2.05, 4.69) is 25.7 Å². The van der Waals surface area contributed by atoms with E-state index in [1.807, 2.05) is 0 Å². The molecule has 2 N–H and O–H groups in total. The zero-order chi connectivity index (χ0) is 11.7. The molecule has 15 heavy (non-hydrogen) atoms. The first kappa shape index (κ1) is 12.8. The number of nitrogens with two attached hydrogens (primary N) is 1. The molecule has 1 rings (SSSR count). The van der Waals surface area contributed by atoms with Gasteiger partial charge in [-0.2, -0.15) is 0 Å². The molecule has 1 fully saturated rings. The Bertz CT molecular complexity index is 203. The first-order chi connectivity index (χ1) is 6.77. The van der Waals surface area contributed by atoms with Crippen molar-refractivity contribution in [2.45, 2.75) is 45.1 Å². The third-order valence-corrected chi connectivity index (χ3v) is 3.31. The third kappa shape index (κ3) is 3.11. The van der Waals surface area contributed by atoms with E-state index in [-0.39, 0.29) is 5.54 Å². The lowest BCUT2D eigenvalue weighted by Gasteiger charge is -2.42. The van der Waals surface area contributed by atoms with Crippen LogP contribution in [-0.4, -0.2) is 36.0 Å². The van der Waals surface area contributed by atoms with Gasteiger partial charge in [0.15, 0.2) is 0 Å². The summed E-state index contributed by atoms with van der Waals surface area (Å²) in [7, 11) is 0. The molecule has 4 heteroatoms. The second-order valence-corrected chi connectivity index (χ2v) is 5.40. The van der Waals surface area contributed by atoms with E-state index < -0.39 is 18.4 Å². The molecule has 1 aliphatic heterocycles. The Balaban J connectivity index is 2.50. The summed E-state index contributed by atoms with van der Waals surface area (Å²) < 4.78 is 26.6. The number of halogens is 2. The van der Waals surface area contributed by atoms with Crippen molar-refractivity contribution >= 4 is 0 Å². The predicted octanol–water partition coefficient (Wildman–Crippen LogP) is 2.09. The summed E-state index contributed by atoms with van der Waals surface area (Å²) in [6, 6.07) is 0. The number of alkyl halides is 2. The van der Waals surface area contributed by atoms with Crippen molar-refractivity contribution in [2.24, 2.45) is 11.7 Å². The Morgan fingerprint density at radius 3 is 2.00 bits per heavy atom. The van der Waals surface area contributed by atoms with Gasteiger partial charge in [0.2, 0.25) is 0 Å². The quantitative estimate of drug-likeness (QED) is 0.772. The lowest BCUT2D eigenvalue weighted by molar-refractivity contribution is -0.0775. The van der Waals surface area contributed by atoms with Crippen LogP contribution in [0.3, 0.4) is 0 Å². The van der Waals surface area contributed by atoms with Gasteiger partial charge in [-0.05, 0) is 46.7 Å². The molecule has 0 aromatic carbocycles. The van der Waals surface area contributed by atoms with E-state index in [1.54, 1.807) is 0 Å². The lowest BCUT2D eigenvalue weighted by atomic mass is 9.88. The van der Waals surface area contributed by atoms with Crippen molar-refractivity contribution in [2.75, 3.05) is 19.6 Å².